The first-order valence-electron chi connectivity index (χ1n) is 7.03. The first-order valence-corrected chi connectivity index (χ1v) is 9.50. The second kappa shape index (κ2) is 8.21. The summed E-state index contributed by atoms with van der Waals surface area (Å²) in [5.74, 6) is -0.109. The Morgan fingerprint density at radius 1 is 1.23 bits per heavy atom. The van der Waals surface area contributed by atoms with Crippen molar-refractivity contribution in [3.05, 3.63) is 40.9 Å². The summed E-state index contributed by atoms with van der Waals surface area (Å²) in [5, 5.41) is 8.92. The molecule has 0 aliphatic carbocycles. The van der Waals surface area contributed by atoms with E-state index in [-0.39, 0.29) is 12.4 Å². The summed E-state index contributed by atoms with van der Waals surface area (Å²) in [6.07, 6.45) is 1.76. The molecular formula is C14H19N3O3S2. The molecule has 0 bridgehead atoms. The van der Waals surface area contributed by atoms with Crippen LogP contribution in [0, 0.1) is 0 Å². The van der Waals surface area contributed by atoms with E-state index < -0.39 is 10.0 Å². The third kappa shape index (κ3) is 5.70. The molecule has 0 saturated heterocycles. The van der Waals surface area contributed by atoms with Gasteiger partial charge in [0.1, 0.15) is 5.01 Å². The minimum absolute atomic E-state index is 0.109. The number of aromatic nitrogens is 2. The third-order valence-electron chi connectivity index (χ3n) is 2.78. The number of nitrogens with zero attached hydrogens (tertiary/aromatic N) is 2. The molecule has 0 aliphatic rings. The normalized spacial score (nSPS) is 11.5. The van der Waals surface area contributed by atoms with Gasteiger partial charge in [-0.15, -0.1) is 10.2 Å². The van der Waals surface area contributed by atoms with Crippen LogP contribution in [0.25, 0.3) is 0 Å². The lowest BCUT2D eigenvalue weighted by Crippen LogP contribution is -2.20. The molecule has 1 heterocycles. The molecule has 1 aromatic carbocycles. The van der Waals surface area contributed by atoms with Gasteiger partial charge in [-0.25, -0.2) is 8.42 Å². The van der Waals surface area contributed by atoms with Crippen LogP contribution in [0.1, 0.15) is 23.9 Å². The standard InChI is InChI=1S/C14H19N3O3S2/c1-2-6-13-15-16-14(21-13)17-22(18,19)10-9-20-11-12-7-4-3-5-8-12/h3-5,7-8H,2,6,9-11H2,1H3,(H,16,17). The average Bonchev–Trinajstić information content (AvgIpc) is 2.92. The predicted octanol–water partition coefficient (Wildman–Crippen LogP) is 2.45. The number of nitrogens with one attached hydrogen (secondary N) is 1. The van der Waals surface area contributed by atoms with Gasteiger partial charge < -0.3 is 4.74 Å². The number of rotatable bonds is 9. The van der Waals surface area contributed by atoms with Gasteiger partial charge in [-0.3, -0.25) is 4.72 Å². The molecule has 22 heavy (non-hydrogen) atoms. The lowest BCUT2D eigenvalue weighted by Gasteiger charge is -2.06. The molecule has 0 fully saturated rings. The number of aryl methyl sites for hydroxylation is 1. The van der Waals surface area contributed by atoms with Gasteiger partial charge in [0, 0.05) is 6.42 Å². The highest BCUT2D eigenvalue weighted by molar-refractivity contribution is 7.92. The molecule has 2 aromatic rings. The Morgan fingerprint density at radius 2 is 2.00 bits per heavy atom. The van der Waals surface area contributed by atoms with E-state index in [2.05, 4.69) is 14.9 Å². The second-order valence-corrected chi connectivity index (χ2v) is 7.61. The number of benzene rings is 1. The summed E-state index contributed by atoms with van der Waals surface area (Å²) in [5.41, 5.74) is 1.01. The van der Waals surface area contributed by atoms with Gasteiger partial charge in [0.25, 0.3) is 0 Å². The smallest absolute Gasteiger partial charge is 0.236 e. The van der Waals surface area contributed by atoms with Crippen molar-refractivity contribution in [2.24, 2.45) is 0 Å². The maximum Gasteiger partial charge on any atom is 0.236 e. The van der Waals surface area contributed by atoms with Gasteiger partial charge >= 0.3 is 0 Å². The molecular weight excluding hydrogens is 322 g/mol. The van der Waals surface area contributed by atoms with Gasteiger partial charge in [-0.1, -0.05) is 48.6 Å². The van der Waals surface area contributed by atoms with E-state index in [0.29, 0.717) is 11.7 Å². The molecule has 0 aliphatic heterocycles. The van der Waals surface area contributed by atoms with E-state index in [9.17, 15) is 8.42 Å². The van der Waals surface area contributed by atoms with E-state index in [1.807, 2.05) is 37.3 Å². The van der Waals surface area contributed by atoms with Crippen molar-refractivity contribution in [1.82, 2.24) is 10.2 Å². The average molecular weight is 341 g/mol. The highest BCUT2D eigenvalue weighted by Gasteiger charge is 2.13. The van der Waals surface area contributed by atoms with Crippen LogP contribution in [0.4, 0.5) is 5.13 Å². The fraction of sp³-hybridized carbons (Fsp3) is 0.429. The first kappa shape index (κ1) is 16.9. The number of sulfonamides is 1. The fourth-order valence-electron chi connectivity index (χ4n) is 1.73. The first-order chi connectivity index (χ1) is 10.6. The van der Waals surface area contributed by atoms with Crippen molar-refractivity contribution in [1.29, 1.82) is 0 Å². The summed E-state index contributed by atoms with van der Waals surface area (Å²) in [6.45, 7) is 2.57. The lowest BCUT2D eigenvalue weighted by molar-refractivity contribution is 0.135. The van der Waals surface area contributed by atoms with Gasteiger partial charge in [-0.05, 0) is 12.0 Å². The van der Waals surface area contributed by atoms with Crippen molar-refractivity contribution < 1.29 is 13.2 Å². The molecule has 120 valence electrons. The van der Waals surface area contributed by atoms with E-state index in [4.69, 9.17) is 4.74 Å². The van der Waals surface area contributed by atoms with Gasteiger partial charge in [0.15, 0.2) is 0 Å². The van der Waals surface area contributed by atoms with E-state index in [1.54, 1.807) is 0 Å². The molecule has 0 spiro atoms. The molecule has 1 N–H and O–H groups in total. The van der Waals surface area contributed by atoms with Crippen LogP contribution >= 0.6 is 11.3 Å². The SMILES string of the molecule is CCCc1nnc(NS(=O)(=O)CCOCc2ccccc2)s1. The van der Waals surface area contributed by atoms with Crippen molar-refractivity contribution >= 4 is 26.5 Å². The maximum atomic E-state index is 11.9. The summed E-state index contributed by atoms with van der Waals surface area (Å²) in [6, 6.07) is 9.62. The number of hydrogen-bond acceptors (Lipinski definition) is 6. The Labute approximate surface area is 134 Å². The zero-order valence-electron chi connectivity index (χ0n) is 12.4. The van der Waals surface area contributed by atoms with Crippen LogP contribution in [0.3, 0.4) is 0 Å². The molecule has 1 aromatic heterocycles. The van der Waals surface area contributed by atoms with E-state index in [1.165, 1.54) is 11.3 Å². The van der Waals surface area contributed by atoms with Crippen molar-refractivity contribution in [2.45, 2.75) is 26.4 Å². The van der Waals surface area contributed by atoms with Gasteiger partial charge in [0.2, 0.25) is 15.2 Å². The van der Waals surface area contributed by atoms with E-state index in [0.717, 1.165) is 23.4 Å². The molecule has 0 amide bonds. The highest BCUT2D eigenvalue weighted by atomic mass is 32.2. The van der Waals surface area contributed by atoms with Crippen LogP contribution in [0.2, 0.25) is 0 Å². The summed E-state index contributed by atoms with van der Waals surface area (Å²) in [4.78, 5) is 0. The Morgan fingerprint density at radius 3 is 2.73 bits per heavy atom. The molecule has 0 saturated carbocycles. The summed E-state index contributed by atoms with van der Waals surface area (Å²) in [7, 11) is -3.46. The predicted molar refractivity (Wildman–Crippen MR) is 87.4 cm³/mol. The topological polar surface area (TPSA) is 81.2 Å². The maximum absolute atomic E-state index is 11.9. The fourth-order valence-corrected chi connectivity index (χ4v) is 3.71. The van der Waals surface area contributed by atoms with Crippen LogP contribution in [0.15, 0.2) is 30.3 Å². The van der Waals surface area contributed by atoms with Crippen molar-refractivity contribution in [3.63, 3.8) is 0 Å². The van der Waals surface area contributed by atoms with Crippen LogP contribution in [-0.2, 0) is 27.8 Å². The van der Waals surface area contributed by atoms with Gasteiger partial charge in [0.05, 0.1) is 19.0 Å². The van der Waals surface area contributed by atoms with Crippen molar-refractivity contribution in [2.75, 3.05) is 17.1 Å². The third-order valence-corrected chi connectivity index (χ3v) is 5.02. The summed E-state index contributed by atoms with van der Waals surface area (Å²) >= 11 is 1.27. The molecule has 8 heteroatoms. The molecule has 2 rings (SSSR count). The zero-order chi connectivity index (χ0) is 15.8. The Bertz CT molecular complexity index is 672. The Balaban J connectivity index is 1.76. The van der Waals surface area contributed by atoms with Crippen LogP contribution < -0.4 is 4.72 Å². The Kier molecular flexibility index (Phi) is 6.29. The monoisotopic (exact) mass is 341 g/mol. The lowest BCUT2D eigenvalue weighted by atomic mass is 10.2. The van der Waals surface area contributed by atoms with Crippen LogP contribution in [0.5, 0.6) is 0 Å². The van der Waals surface area contributed by atoms with Gasteiger partial charge in [-0.2, -0.15) is 0 Å². The minimum atomic E-state index is -3.46. The van der Waals surface area contributed by atoms with Crippen molar-refractivity contribution in [3.8, 4) is 0 Å². The van der Waals surface area contributed by atoms with Crippen LogP contribution in [-0.4, -0.2) is 31.0 Å². The minimum Gasteiger partial charge on any atom is -0.376 e. The molecule has 0 atom stereocenters. The number of anilines is 1. The molecule has 0 radical (unpaired) electrons. The quantitative estimate of drug-likeness (QED) is 0.709. The second-order valence-electron chi connectivity index (χ2n) is 4.71. The molecule has 0 unspecified atom stereocenters. The molecule has 6 nitrogen and oxygen atoms in total. The zero-order valence-corrected chi connectivity index (χ0v) is 14.0. The van der Waals surface area contributed by atoms with E-state index >= 15 is 0 Å². The largest absolute Gasteiger partial charge is 0.376 e. The summed E-state index contributed by atoms with van der Waals surface area (Å²) < 4.78 is 31.7. The highest BCUT2D eigenvalue weighted by Crippen LogP contribution is 2.17. The Hall–Kier alpha value is -1.51. The number of hydrogen-bond donors (Lipinski definition) is 1. The number of ether oxygens (including phenoxy) is 1.